The zero-order valence-corrected chi connectivity index (χ0v) is 6.55. The number of nitrogens with zero attached hydrogens (tertiary/aromatic N) is 2. The zero-order chi connectivity index (χ0) is 9.35. The molecule has 0 bridgehead atoms. The first kappa shape index (κ1) is 8.91. The van der Waals surface area contributed by atoms with E-state index < -0.39 is 30.8 Å². The average molecular weight is 174 g/mol. The number of alkyl halides is 2. The smallest absolute Gasteiger partial charge is 0.268 e. The standard InChI is InChI=1S/C7H8F2N2O/c1-5(12)11-4-7(8,9)2-6(11)3-10/h6H,2,4H2,1H3/t6-/m0/s1. The van der Waals surface area contributed by atoms with E-state index in [4.69, 9.17) is 5.26 Å². The van der Waals surface area contributed by atoms with Crippen molar-refractivity contribution in [3.05, 3.63) is 0 Å². The van der Waals surface area contributed by atoms with E-state index in [0.29, 0.717) is 0 Å². The number of nitriles is 1. The van der Waals surface area contributed by atoms with Crippen molar-refractivity contribution in [3.63, 3.8) is 0 Å². The van der Waals surface area contributed by atoms with E-state index in [-0.39, 0.29) is 0 Å². The first-order valence-electron chi connectivity index (χ1n) is 3.51. The molecule has 0 aromatic heterocycles. The van der Waals surface area contributed by atoms with Gasteiger partial charge in [-0.1, -0.05) is 0 Å². The second kappa shape index (κ2) is 2.70. The SMILES string of the molecule is CC(=O)N1CC(F)(F)C[C@H]1C#N. The fourth-order valence-corrected chi connectivity index (χ4v) is 1.26. The van der Waals surface area contributed by atoms with Crippen LogP contribution in [-0.4, -0.2) is 29.3 Å². The van der Waals surface area contributed by atoms with Gasteiger partial charge in [0.2, 0.25) is 5.91 Å². The third-order valence-electron chi connectivity index (χ3n) is 1.82. The number of likely N-dealkylation sites (tertiary alicyclic amines) is 1. The van der Waals surface area contributed by atoms with Gasteiger partial charge in [-0.3, -0.25) is 4.79 Å². The molecule has 1 aliphatic heterocycles. The van der Waals surface area contributed by atoms with Gasteiger partial charge < -0.3 is 4.90 Å². The monoisotopic (exact) mass is 174 g/mol. The predicted octanol–water partition coefficient (Wildman–Crippen LogP) is 0.766. The molecule has 0 spiro atoms. The Hall–Kier alpha value is -1.18. The van der Waals surface area contributed by atoms with Crippen LogP contribution in [-0.2, 0) is 4.79 Å². The summed E-state index contributed by atoms with van der Waals surface area (Å²) in [5, 5.41) is 8.44. The summed E-state index contributed by atoms with van der Waals surface area (Å²) < 4.78 is 25.3. The molecule has 1 atom stereocenters. The van der Waals surface area contributed by atoms with E-state index in [1.165, 1.54) is 6.92 Å². The number of rotatable bonds is 0. The molecule has 66 valence electrons. The summed E-state index contributed by atoms with van der Waals surface area (Å²) in [5.41, 5.74) is 0. The Bertz CT molecular complexity index is 246. The number of hydrogen-bond acceptors (Lipinski definition) is 2. The highest BCUT2D eigenvalue weighted by Gasteiger charge is 2.46. The van der Waals surface area contributed by atoms with Crippen LogP contribution >= 0.6 is 0 Å². The number of carbonyl (C=O) groups is 1. The lowest BCUT2D eigenvalue weighted by Crippen LogP contribution is -2.33. The second-order valence-corrected chi connectivity index (χ2v) is 2.85. The van der Waals surface area contributed by atoms with Crippen LogP contribution in [0.1, 0.15) is 13.3 Å². The van der Waals surface area contributed by atoms with Gasteiger partial charge in [-0.2, -0.15) is 5.26 Å². The Balaban J connectivity index is 2.78. The van der Waals surface area contributed by atoms with Crippen molar-refractivity contribution in [2.24, 2.45) is 0 Å². The largest absolute Gasteiger partial charge is 0.321 e. The molecule has 5 heteroatoms. The normalized spacial score (nSPS) is 26.8. The number of amides is 1. The van der Waals surface area contributed by atoms with Crippen LogP contribution in [0.3, 0.4) is 0 Å². The van der Waals surface area contributed by atoms with Gasteiger partial charge in [0.1, 0.15) is 6.04 Å². The van der Waals surface area contributed by atoms with Crippen molar-refractivity contribution in [1.29, 1.82) is 5.26 Å². The molecule has 12 heavy (non-hydrogen) atoms. The van der Waals surface area contributed by atoms with Crippen LogP contribution in [0.5, 0.6) is 0 Å². The molecular weight excluding hydrogens is 166 g/mol. The molecule has 0 N–H and O–H groups in total. The van der Waals surface area contributed by atoms with E-state index in [1.54, 1.807) is 6.07 Å². The molecule has 3 nitrogen and oxygen atoms in total. The third kappa shape index (κ3) is 1.52. The van der Waals surface area contributed by atoms with Crippen molar-refractivity contribution in [2.75, 3.05) is 6.54 Å². The highest BCUT2D eigenvalue weighted by atomic mass is 19.3. The van der Waals surface area contributed by atoms with E-state index in [9.17, 15) is 13.6 Å². The van der Waals surface area contributed by atoms with Crippen LogP contribution in [0.2, 0.25) is 0 Å². The fraction of sp³-hybridized carbons (Fsp3) is 0.714. The van der Waals surface area contributed by atoms with Gasteiger partial charge in [0.15, 0.2) is 0 Å². The molecule has 1 rings (SSSR count). The predicted molar refractivity (Wildman–Crippen MR) is 36.4 cm³/mol. The third-order valence-corrected chi connectivity index (χ3v) is 1.82. The van der Waals surface area contributed by atoms with E-state index in [1.807, 2.05) is 0 Å². The van der Waals surface area contributed by atoms with Crippen molar-refractivity contribution in [3.8, 4) is 6.07 Å². The second-order valence-electron chi connectivity index (χ2n) is 2.85. The van der Waals surface area contributed by atoms with E-state index in [0.717, 1.165) is 4.90 Å². The Kier molecular flexibility index (Phi) is 2.01. The maximum absolute atomic E-state index is 12.6. The maximum atomic E-state index is 12.6. The zero-order valence-electron chi connectivity index (χ0n) is 6.55. The molecule has 1 fully saturated rings. The molecule has 0 aromatic rings. The van der Waals surface area contributed by atoms with Crippen molar-refractivity contribution < 1.29 is 13.6 Å². The summed E-state index contributed by atoms with van der Waals surface area (Å²) in [7, 11) is 0. The molecule has 1 heterocycles. The Labute approximate surface area is 68.6 Å². The van der Waals surface area contributed by atoms with Gasteiger partial charge in [-0.05, 0) is 0 Å². The molecule has 1 saturated heterocycles. The van der Waals surface area contributed by atoms with Crippen LogP contribution in [0.15, 0.2) is 0 Å². The summed E-state index contributed by atoms with van der Waals surface area (Å²) in [6, 6.07) is 0.715. The first-order valence-corrected chi connectivity index (χ1v) is 3.51. The molecular formula is C7H8F2N2O. The molecule has 0 unspecified atom stereocenters. The fourth-order valence-electron chi connectivity index (χ4n) is 1.26. The van der Waals surface area contributed by atoms with Crippen molar-refractivity contribution >= 4 is 5.91 Å². The van der Waals surface area contributed by atoms with Gasteiger partial charge >= 0.3 is 0 Å². The maximum Gasteiger partial charge on any atom is 0.268 e. The number of carbonyl (C=O) groups excluding carboxylic acids is 1. The van der Waals surface area contributed by atoms with E-state index >= 15 is 0 Å². The van der Waals surface area contributed by atoms with Gasteiger partial charge in [0.25, 0.3) is 5.92 Å². The van der Waals surface area contributed by atoms with Gasteiger partial charge in [0, 0.05) is 13.3 Å². The van der Waals surface area contributed by atoms with Crippen molar-refractivity contribution in [1.82, 2.24) is 4.90 Å². The van der Waals surface area contributed by atoms with E-state index in [2.05, 4.69) is 0 Å². The molecule has 0 aromatic carbocycles. The summed E-state index contributed by atoms with van der Waals surface area (Å²) >= 11 is 0. The van der Waals surface area contributed by atoms with Crippen LogP contribution in [0.25, 0.3) is 0 Å². The molecule has 0 aliphatic carbocycles. The molecule has 0 radical (unpaired) electrons. The number of hydrogen-bond donors (Lipinski definition) is 0. The minimum Gasteiger partial charge on any atom is -0.321 e. The van der Waals surface area contributed by atoms with Crippen molar-refractivity contribution in [2.45, 2.75) is 25.3 Å². The molecule has 1 aliphatic rings. The lowest BCUT2D eigenvalue weighted by Gasteiger charge is -2.15. The minimum absolute atomic E-state index is 0.473. The van der Waals surface area contributed by atoms with Gasteiger partial charge in [-0.15, -0.1) is 0 Å². The summed E-state index contributed by atoms with van der Waals surface area (Å²) in [5.74, 6) is -3.37. The summed E-state index contributed by atoms with van der Waals surface area (Å²) in [6.07, 6.45) is -0.539. The average Bonchev–Trinajstić information content (AvgIpc) is 2.25. The number of halogens is 2. The topological polar surface area (TPSA) is 44.1 Å². The molecule has 0 saturated carbocycles. The van der Waals surface area contributed by atoms with Gasteiger partial charge in [-0.25, -0.2) is 8.78 Å². The van der Waals surface area contributed by atoms with Gasteiger partial charge in [0.05, 0.1) is 12.6 Å². The Morgan fingerprint density at radius 3 is 2.67 bits per heavy atom. The van der Waals surface area contributed by atoms with Crippen LogP contribution in [0, 0.1) is 11.3 Å². The Morgan fingerprint density at radius 2 is 2.33 bits per heavy atom. The Morgan fingerprint density at radius 1 is 1.75 bits per heavy atom. The highest BCUT2D eigenvalue weighted by Crippen LogP contribution is 2.31. The van der Waals surface area contributed by atoms with Crippen LogP contribution < -0.4 is 0 Å². The highest BCUT2D eigenvalue weighted by molar-refractivity contribution is 5.74. The lowest BCUT2D eigenvalue weighted by atomic mass is 10.2. The molecule has 1 amide bonds. The minimum atomic E-state index is -2.90. The first-order chi connectivity index (χ1) is 5.46. The summed E-state index contributed by atoms with van der Waals surface area (Å²) in [4.78, 5) is 11.6. The summed E-state index contributed by atoms with van der Waals surface area (Å²) in [6.45, 7) is 0.562. The lowest BCUT2D eigenvalue weighted by molar-refractivity contribution is -0.130. The van der Waals surface area contributed by atoms with Crippen LogP contribution in [0.4, 0.5) is 8.78 Å². The quantitative estimate of drug-likeness (QED) is 0.544.